The lowest BCUT2D eigenvalue weighted by Crippen LogP contribution is -2.19. The molecule has 0 saturated carbocycles. The van der Waals surface area contributed by atoms with Gasteiger partial charge in [0.15, 0.2) is 0 Å². The van der Waals surface area contributed by atoms with Crippen LogP contribution >= 0.6 is 11.6 Å². The van der Waals surface area contributed by atoms with Crippen molar-refractivity contribution in [2.75, 3.05) is 6.61 Å². The standard InChI is InChI=1S/C11H10ClF3O3/c1-2-17-10(16)6-7-8(12)4-3-5-9(7)18-11(13,14)15/h3-5H,2,6H2,1H3. The van der Waals surface area contributed by atoms with Crippen LogP contribution in [0.2, 0.25) is 5.02 Å². The molecule has 0 saturated heterocycles. The number of alkyl halides is 3. The normalized spacial score (nSPS) is 11.2. The van der Waals surface area contributed by atoms with Gasteiger partial charge in [0, 0.05) is 10.6 Å². The van der Waals surface area contributed by atoms with Gasteiger partial charge in [-0.2, -0.15) is 0 Å². The molecule has 0 aromatic heterocycles. The molecule has 100 valence electrons. The fourth-order valence-corrected chi connectivity index (χ4v) is 1.52. The lowest BCUT2D eigenvalue weighted by molar-refractivity contribution is -0.274. The minimum absolute atomic E-state index is 0.0183. The van der Waals surface area contributed by atoms with Crippen molar-refractivity contribution in [1.29, 1.82) is 0 Å². The maximum Gasteiger partial charge on any atom is 0.573 e. The van der Waals surface area contributed by atoms with Crippen LogP contribution in [0.25, 0.3) is 0 Å². The quantitative estimate of drug-likeness (QED) is 0.795. The van der Waals surface area contributed by atoms with Crippen LogP contribution < -0.4 is 4.74 Å². The number of halogens is 4. The summed E-state index contributed by atoms with van der Waals surface area (Å²) in [6.07, 6.45) is -5.22. The van der Waals surface area contributed by atoms with E-state index in [4.69, 9.17) is 11.6 Å². The summed E-state index contributed by atoms with van der Waals surface area (Å²) < 4.78 is 44.9. The number of esters is 1. The molecule has 0 aliphatic heterocycles. The van der Waals surface area contributed by atoms with E-state index in [9.17, 15) is 18.0 Å². The summed E-state index contributed by atoms with van der Waals surface area (Å²) in [7, 11) is 0. The highest BCUT2D eigenvalue weighted by Gasteiger charge is 2.32. The minimum atomic E-state index is -4.84. The Morgan fingerprint density at radius 1 is 1.39 bits per heavy atom. The second kappa shape index (κ2) is 5.95. The first-order chi connectivity index (χ1) is 8.33. The van der Waals surface area contributed by atoms with E-state index in [1.54, 1.807) is 6.92 Å². The van der Waals surface area contributed by atoms with E-state index >= 15 is 0 Å². The van der Waals surface area contributed by atoms with Crippen molar-refractivity contribution in [2.45, 2.75) is 19.7 Å². The zero-order chi connectivity index (χ0) is 13.8. The predicted octanol–water partition coefficient (Wildman–Crippen LogP) is 3.34. The monoisotopic (exact) mass is 282 g/mol. The van der Waals surface area contributed by atoms with E-state index in [0.29, 0.717) is 0 Å². The third-order valence-electron chi connectivity index (χ3n) is 1.93. The fraction of sp³-hybridized carbons (Fsp3) is 0.364. The highest BCUT2D eigenvalue weighted by molar-refractivity contribution is 6.31. The molecule has 0 N–H and O–H groups in total. The molecule has 7 heteroatoms. The Bertz CT molecular complexity index is 432. The lowest BCUT2D eigenvalue weighted by atomic mass is 10.1. The molecule has 3 nitrogen and oxygen atoms in total. The maximum atomic E-state index is 12.2. The van der Waals surface area contributed by atoms with E-state index in [0.717, 1.165) is 6.07 Å². The molecule has 0 radical (unpaired) electrons. The molecule has 1 rings (SSSR count). The van der Waals surface area contributed by atoms with Crippen molar-refractivity contribution in [3.05, 3.63) is 28.8 Å². The number of benzene rings is 1. The molecule has 0 unspecified atom stereocenters. The summed E-state index contributed by atoms with van der Waals surface area (Å²) in [5.74, 6) is -1.17. The average Bonchev–Trinajstić information content (AvgIpc) is 2.21. The van der Waals surface area contributed by atoms with Gasteiger partial charge < -0.3 is 9.47 Å². The van der Waals surface area contributed by atoms with Crippen molar-refractivity contribution in [2.24, 2.45) is 0 Å². The van der Waals surface area contributed by atoms with E-state index in [1.165, 1.54) is 12.1 Å². The van der Waals surface area contributed by atoms with Crippen LogP contribution in [0.4, 0.5) is 13.2 Å². The van der Waals surface area contributed by atoms with Crippen molar-refractivity contribution >= 4 is 17.6 Å². The van der Waals surface area contributed by atoms with Crippen LogP contribution in [0.5, 0.6) is 5.75 Å². The first kappa shape index (κ1) is 14.6. The predicted molar refractivity (Wildman–Crippen MR) is 58.5 cm³/mol. The van der Waals surface area contributed by atoms with Crippen LogP contribution in [-0.4, -0.2) is 18.9 Å². The molecular formula is C11H10ClF3O3. The van der Waals surface area contributed by atoms with E-state index in [2.05, 4.69) is 9.47 Å². The molecule has 18 heavy (non-hydrogen) atoms. The Kier molecular flexibility index (Phi) is 4.84. The number of carbonyl (C=O) groups is 1. The van der Waals surface area contributed by atoms with Crippen LogP contribution in [0.15, 0.2) is 18.2 Å². The molecule has 0 aliphatic carbocycles. The smallest absolute Gasteiger partial charge is 0.466 e. The van der Waals surface area contributed by atoms with Crippen LogP contribution in [0.3, 0.4) is 0 Å². The third-order valence-corrected chi connectivity index (χ3v) is 2.28. The van der Waals surface area contributed by atoms with Gasteiger partial charge in [-0.05, 0) is 19.1 Å². The number of hydrogen-bond acceptors (Lipinski definition) is 3. The van der Waals surface area contributed by atoms with E-state index in [-0.39, 0.29) is 23.6 Å². The Hall–Kier alpha value is -1.43. The van der Waals surface area contributed by atoms with Crippen molar-refractivity contribution in [3.8, 4) is 5.75 Å². The molecule has 0 amide bonds. The molecule has 1 aromatic carbocycles. The summed E-state index contributed by atoms with van der Waals surface area (Å²) in [5, 5.41) is 0.0183. The van der Waals surface area contributed by atoms with Gasteiger partial charge >= 0.3 is 12.3 Å². The minimum Gasteiger partial charge on any atom is -0.466 e. The van der Waals surface area contributed by atoms with Crippen molar-refractivity contribution in [1.82, 2.24) is 0 Å². The van der Waals surface area contributed by atoms with Crippen LogP contribution in [0, 0.1) is 0 Å². The zero-order valence-corrected chi connectivity index (χ0v) is 10.1. The molecule has 0 aliphatic rings. The topological polar surface area (TPSA) is 35.5 Å². The Morgan fingerprint density at radius 2 is 2.06 bits per heavy atom. The molecule has 0 heterocycles. The summed E-state index contributed by atoms with van der Waals surface area (Å²) in [6.45, 7) is 1.73. The summed E-state index contributed by atoms with van der Waals surface area (Å²) in [4.78, 5) is 11.3. The lowest BCUT2D eigenvalue weighted by Gasteiger charge is -2.13. The number of carbonyl (C=O) groups excluding carboxylic acids is 1. The van der Waals surface area contributed by atoms with Gasteiger partial charge in [-0.3, -0.25) is 4.79 Å². The summed E-state index contributed by atoms with van der Waals surface area (Å²) in [5.41, 5.74) is -0.0464. The average molecular weight is 283 g/mol. The third kappa shape index (κ3) is 4.44. The first-order valence-corrected chi connectivity index (χ1v) is 5.40. The highest BCUT2D eigenvalue weighted by Crippen LogP contribution is 2.31. The van der Waals surface area contributed by atoms with E-state index in [1.807, 2.05) is 0 Å². The van der Waals surface area contributed by atoms with Gasteiger partial charge in [-0.15, -0.1) is 13.2 Å². The second-order valence-electron chi connectivity index (χ2n) is 3.25. The molecule has 1 aromatic rings. The molecule has 0 spiro atoms. The van der Waals surface area contributed by atoms with Crippen molar-refractivity contribution in [3.63, 3.8) is 0 Å². The summed E-state index contributed by atoms with van der Waals surface area (Å²) in [6, 6.07) is 3.77. The van der Waals surface area contributed by atoms with Gasteiger partial charge in [0.1, 0.15) is 5.75 Å². The van der Waals surface area contributed by atoms with E-state index < -0.39 is 18.1 Å². The van der Waals surface area contributed by atoms with Gasteiger partial charge in [0.25, 0.3) is 0 Å². The molecule has 0 atom stereocenters. The summed E-state index contributed by atoms with van der Waals surface area (Å²) >= 11 is 5.75. The van der Waals surface area contributed by atoms with Gasteiger partial charge in [0.05, 0.1) is 13.0 Å². The molecule has 0 fully saturated rings. The van der Waals surface area contributed by atoms with Gasteiger partial charge in [-0.1, -0.05) is 17.7 Å². The fourth-order valence-electron chi connectivity index (χ4n) is 1.29. The number of hydrogen-bond donors (Lipinski definition) is 0. The zero-order valence-electron chi connectivity index (χ0n) is 9.38. The first-order valence-electron chi connectivity index (χ1n) is 5.02. The number of ether oxygens (including phenoxy) is 2. The van der Waals surface area contributed by atoms with Crippen LogP contribution in [0.1, 0.15) is 12.5 Å². The van der Waals surface area contributed by atoms with Crippen LogP contribution in [-0.2, 0) is 16.0 Å². The highest BCUT2D eigenvalue weighted by atomic mass is 35.5. The largest absolute Gasteiger partial charge is 0.573 e. The maximum absolute atomic E-state index is 12.2. The van der Waals surface area contributed by atoms with Gasteiger partial charge in [0.2, 0.25) is 0 Å². The Labute approximate surface area is 106 Å². The number of rotatable bonds is 4. The molecular weight excluding hydrogens is 273 g/mol. The SMILES string of the molecule is CCOC(=O)Cc1c(Cl)cccc1OC(F)(F)F. The Morgan fingerprint density at radius 3 is 2.61 bits per heavy atom. The molecule has 0 bridgehead atoms. The second-order valence-corrected chi connectivity index (χ2v) is 3.65. The van der Waals surface area contributed by atoms with Gasteiger partial charge in [-0.25, -0.2) is 0 Å². The Balaban J connectivity index is 2.97. The van der Waals surface area contributed by atoms with Crippen molar-refractivity contribution < 1.29 is 27.4 Å².